The van der Waals surface area contributed by atoms with E-state index in [0.717, 1.165) is 12.8 Å². The maximum Gasteiger partial charge on any atom is 0.418 e. The first-order valence-electron chi connectivity index (χ1n) is 7.08. The predicted octanol–water partition coefficient (Wildman–Crippen LogP) is 3.04. The zero-order chi connectivity index (χ0) is 15.5. The summed E-state index contributed by atoms with van der Waals surface area (Å²) < 4.78 is 45.3. The third-order valence-corrected chi connectivity index (χ3v) is 3.80. The van der Waals surface area contributed by atoms with Gasteiger partial charge in [-0.15, -0.1) is 0 Å². The van der Waals surface area contributed by atoms with Gasteiger partial charge in [0.05, 0.1) is 11.7 Å². The van der Waals surface area contributed by atoms with Crippen molar-refractivity contribution in [2.45, 2.75) is 31.7 Å². The molecule has 1 heterocycles. The summed E-state index contributed by atoms with van der Waals surface area (Å²) in [5, 5.41) is 2.88. The molecule has 21 heavy (non-hydrogen) atoms. The van der Waals surface area contributed by atoms with Crippen LogP contribution in [0.25, 0.3) is 0 Å². The first kappa shape index (κ1) is 16.1. The molecule has 0 aromatic heterocycles. The Hall–Kier alpha value is -1.27. The van der Waals surface area contributed by atoms with Crippen LogP contribution in [0.4, 0.5) is 18.9 Å². The molecule has 1 N–H and O–H groups in total. The third-order valence-electron chi connectivity index (χ3n) is 3.80. The maximum absolute atomic E-state index is 13.3. The Morgan fingerprint density at radius 1 is 1.38 bits per heavy atom. The molecule has 118 valence electrons. The number of hydrogen-bond donors (Lipinski definition) is 1. The van der Waals surface area contributed by atoms with Gasteiger partial charge in [-0.1, -0.05) is 6.07 Å². The molecule has 0 spiro atoms. The minimum absolute atomic E-state index is 0.00295. The van der Waals surface area contributed by atoms with E-state index in [9.17, 15) is 13.2 Å². The van der Waals surface area contributed by atoms with E-state index in [4.69, 9.17) is 4.74 Å². The van der Waals surface area contributed by atoms with E-state index < -0.39 is 11.7 Å². The fourth-order valence-electron chi connectivity index (χ4n) is 2.75. The van der Waals surface area contributed by atoms with Gasteiger partial charge in [-0.25, -0.2) is 0 Å². The lowest BCUT2D eigenvalue weighted by Gasteiger charge is -2.35. The van der Waals surface area contributed by atoms with Crippen LogP contribution in [0, 0.1) is 0 Å². The molecule has 1 aromatic carbocycles. The van der Waals surface area contributed by atoms with Crippen LogP contribution in [0.5, 0.6) is 0 Å². The van der Waals surface area contributed by atoms with Crippen molar-refractivity contribution in [3.63, 3.8) is 0 Å². The molecule has 0 radical (unpaired) electrons. The highest BCUT2D eigenvalue weighted by atomic mass is 19.4. The molecule has 0 amide bonds. The minimum atomic E-state index is -4.35. The summed E-state index contributed by atoms with van der Waals surface area (Å²) in [7, 11) is 3.32. The first-order chi connectivity index (χ1) is 9.95. The van der Waals surface area contributed by atoms with Crippen LogP contribution in [0.2, 0.25) is 0 Å². The van der Waals surface area contributed by atoms with E-state index in [1.807, 2.05) is 0 Å². The first-order valence-corrected chi connectivity index (χ1v) is 7.08. The van der Waals surface area contributed by atoms with Gasteiger partial charge >= 0.3 is 6.18 Å². The number of nitrogens with zero attached hydrogens (tertiary/aromatic N) is 1. The van der Waals surface area contributed by atoms with Crippen LogP contribution >= 0.6 is 0 Å². The summed E-state index contributed by atoms with van der Waals surface area (Å²) in [6.45, 7) is 1.56. The van der Waals surface area contributed by atoms with E-state index >= 15 is 0 Å². The predicted molar refractivity (Wildman–Crippen MR) is 76.5 cm³/mol. The van der Waals surface area contributed by atoms with Gasteiger partial charge in [-0.3, -0.25) is 0 Å². The van der Waals surface area contributed by atoms with Crippen molar-refractivity contribution in [2.75, 3.05) is 32.1 Å². The van der Waals surface area contributed by atoms with Gasteiger partial charge in [0.2, 0.25) is 0 Å². The summed E-state index contributed by atoms with van der Waals surface area (Å²) in [4.78, 5) is 1.78. The molecule has 1 aliphatic rings. The van der Waals surface area contributed by atoms with Gasteiger partial charge in [0.15, 0.2) is 0 Å². The minimum Gasteiger partial charge on any atom is -0.380 e. The van der Waals surface area contributed by atoms with Crippen LogP contribution < -0.4 is 10.2 Å². The van der Waals surface area contributed by atoms with E-state index in [0.29, 0.717) is 25.2 Å². The van der Waals surface area contributed by atoms with Gasteiger partial charge < -0.3 is 15.0 Å². The number of nitrogens with one attached hydrogen (secondary N) is 1. The number of alkyl halides is 3. The Labute approximate surface area is 123 Å². The summed E-state index contributed by atoms with van der Waals surface area (Å²) in [5.41, 5.74) is 0.324. The Morgan fingerprint density at radius 3 is 2.76 bits per heavy atom. The second kappa shape index (κ2) is 6.66. The molecule has 1 aliphatic heterocycles. The van der Waals surface area contributed by atoms with Crippen LogP contribution in [0.3, 0.4) is 0 Å². The second-order valence-corrected chi connectivity index (χ2v) is 5.33. The lowest BCUT2D eigenvalue weighted by atomic mass is 10.0. The monoisotopic (exact) mass is 302 g/mol. The Morgan fingerprint density at radius 2 is 2.14 bits per heavy atom. The normalized spacial score (nSPS) is 19.9. The fourth-order valence-corrected chi connectivity index (χ4v) is 2.75. The molecule has 2 rings (SSSR count). The van der Waals surface area contributed by atoms with E-state index in [2.05, 4.69) is 5.32 Å². The van der Waals surface area contributed by atoms with Crippen molar-refractivity contribution >= 4 is 5.69 Å². The number of ether oxygens (including phenoxy) is 1. The van der Waals surface area contributed by atoms with Gasteiger partial charge in [0.25, 0.3) is 0 Å². The molecular formula is C15H21F3N2O. The molecular weight excluding hydrogens is 281 g/mol. The molecule has 1 aromatic rings. The highest BCUT2D eigenvalue weighted by Crippen LogP contribution is 2.38. The zero-order valence-electron chi connectivity index (χ0n) is 12.3. The van der Waals surface area contributed by atoms with E-state index in [-0.39, 0.29) is 11.8 Å². The molecule has 6 heteroatoms. The number of methoxy groups -OCH3 is 1. The van der Waals surface area contributed by atoms with Crippen molar-refractivity contribution in [1.82, 2.24) is 5.32 Å². The molecule has 1 atom stereocenters. The van der Waals surface area contributed by atoms with Crippen molar-refractivity contribution in [1.29, 1.82) is 0 Å². The second-order valence-electron chi connectivity index (χ2n) is 5.33. The summed E-state index contributed by atoms with van der Waals surface area (Å²) in [6, 6.07) is 4.56. The molecule has 0 bridgehead atoms. The van der Waals surface area contributed by atoms with Gasteiger partial charge in [0, 0.05) is 32.4 Å². The number of hydrogen-bond acceptors (Lipinski definition) is 3. The number of anilines is 1. The summed E-state index contributed by atoms with van der Waals surface area (Å²) in [6.07, 6.45) is -2.61. The lowest BCUT2D eigenvalue weighted by Crippen LogP contribution is -2.40. The highest BCUT2D eigenvalue weighted by Gasteiger charge is 2.36. The van der Waals surface area contributed by atoms with Crippen molar-refractivity contribution in [3.8, 4) is 0 Å². The Bertz CT molecular complexity index is 476. The van der Waals surface area contributed by atoms with Crippen LogP contribution in [-0.2, 0) is 17.5 Å². The molecule has 1 saturated heterocycles. The molecule has 3 nitrogen and oxygen atoms in total. The quantitative estimate of drug-likeness (QED) is 0.925. The number of rotatable bonds is 4. The highest BCUT2D eigenvalue weighted by molar-refractivity contribution is 5.57. The number of piperidine rings is 1. The standard InChI is InChI=1S/C15H21F3N2O/c1-19-9-11-5-6-14(13(8-11)15(16,17)18)20-7-3-4-12(10-20)21-2/h5-6,8,12,19H,3-4,7,9-10H2,1-2H3. The number of halogens is 3. The van der Waals surface area contributed by atoms with Crippen molar-refractivity contribution < 1.29 is 17.9 Å². The van der Waals surface area contributed by atoms with Crippen LogP contribution in [-0.4, -0.2) is 33.4 Å². The zero-order valence-corrected chi connectivity index (χ0v) is 12.3. The third kappa shape index (κ3) is 3.89. The van der Waals surface area contributed by atoms with Gasteiger partial charge in [-0.05, 0) is 37.6 Å². The van der Waals surface area contributed by atoms with Crippen LogP contribution in [0.15, 0.2) is 18.2 Å². The summed E-state index contributed by atoms with van der Waals surface area (Å²) >= 11 is 0. The van der Waals surface area contributed by atoms with Gasteiger partial charge in [0.1, 0.15) is 0 Å². The fraction of sp³-hybridized carbons (Fsp3) is 0.600. The van der Waals surface area contributed by atoms with Crippen molar-refractivity contribution in [3.05, 3.63) is 29.3 Å². The average molecular weight is 302 g/mol. The number of benzene rings is 1. The molecule has 1 fully saturated rings. The maximum atomic E-state index is 13.3. The Kier molecular flexibility index (Phi) is 5.11. The van der Waals surface area contributed by atoms with E-state index in [1.54, 1.807) is 31.2 Å². The topological polar surface area (TPSA) is 24.5 Å². The molecule has 0 saturated carbocycles. The molecule has 1 unspecified atom stereocenters. The lowest BCUT2D eigenvalue weighted by molar-refractivity contribution is -0.137. The SMILES string of the molecule is CNCc1ccc(N2CCCC(OC)C2)c(C(F)(F)F)c1. The van der Waals surface area contributed by atoms with Crippen LogP contribution in [0.1, 0.15) is 24.0 Å². The van der Waals surface area contributed by atoms with Crippen molar-refractivity contribution in [2.24, 2.45) is 0 Å². The summed E-state index contributed by atoms with van der Waals surface area (Å²) in [5.74, 6) is 0. The average Bonchev–Trinajstić information content (AvgIpc) is 2.47. The molecule has 0 aliphatic carbocycles. The smallest absolute Gasteiger partial charge is 0.380 e. The largest absolute Gasteiger partial charge is 0.418 e. The van der Waals surface area contributed by atoms with Gasteiger partial charge in [-0.2, -0.15) is 13.2 Å². The Balaban J connectivity index is 2.33. The van der Waals surface area contributed by atoms with E-state index in [1.165, 1.54) is 6.07 Å².